The van der Waals surface area contributed by atoms with Crippen molar-refractivity contribution in [1.29, 1.82) is 0 Å². The van der Waals surface area contributed by atoms with E-state index in [2.05, 4.69) is 28.2 Å². The van der Waals surface area contributed by atoms with Gasteiger partial charge in [-0.25, -0.2) is 17.9 Å². The van der Waals surface area contributed by atoms with Crippen molar-refractivity contribution in [3.63, 3.8) is 0 Å². The third kappa shape index (κ3) is 3.86. The molecule has 27 heavy (non-hydrogen) atoms. The fourth-order valence-electron chi connectivity index (χ4n) is 2.92. The molecule has 2 atom stereocenters. The summed E-state index contributed by atoms with van der Waals surface area (Å²) >= 11 is 0. The highest BCUT2D eigenvalue weighted by Gasteiger charge is 2.25. The first kappa shape index (κ1) is 19.4. The highest BCUT2D eigenvalue weighted by molar-refractivity contribution is 7.85. The van der Waals surface area contributed by atoms with Crippen LogP contribution in [0.25, 0.3) is 6.08 Å². The van der Waals surface area contributed by atoms with Gasteiger partial charge in [0.15, 0.2) is 11.6 Å². The minimum atomic E-state index is -1.01. The van der Waals surface area contributed by atoms with Crippen molar-refractivity contribution < 1.29 is 13.6 Å². The third-order valence-corrected chi connectivity index (χ3v) is 6.01. The van der Waals surface area contributed by atoms with Crippen LogP contribution in [0.15, 0.2) is 39.7 Å². The topological polar surface area (TPSA) is 58.4 Å². The van der Waals surface area contributed by atoms with Gasteiger partial charge in [0, 0.05) is 54.5 Å². The lowest BCUT2D eigenvalue weighted by atomic mass is 10.0. The van der Waals surface area contributed by atoms with Gasteiger partial charge in [0.2, 0.25) is 0 Å². The molecule has 2 N–H and O–H groups in total. The molecule has 0 saturated heterocycles. The van der Waals surface area contributed by atoms with Crippen molar-refractivity contribution in [3.8, 4) is 0 Å². The predicted molar refractivity (Wildman–Crippen MR) is 105 cm³/mol. The molecule has 144 valence electrons. The number of aromatic nitrogens is 1. The van der Waals surface area contributed by atoms with Gasteiger partial charge in [-0.2, -0.15) is 0 Å². The Kier molecular flexibility index (Phi) is 5.57. The van der Waals surface area contributed by atoms with E-state index in [1.165, 1.54) is 6.07 Å². The largest absolute Gasteiger partial charge is 0.345 e. The Hall–Kier alpha value is -2.32. The van der Waals surface area contributed by atoms with Crippen LogP contribution in [0.5, 0.6) is 0 Å². The lowest BCUT2D eigenvalue weighted by molar-refractivity contribution is 0.101. The summed E-state index contributed by atoms with van der Waals surface area (Å²) in [5.74, 6) is -1.98. The Labute approximate surface area is 159 Å². The zero-order chi connectivity index (χ0) is 19.7. The number of amides is 1. The molecule has 2 heterocycles. The second kappa shape index (κ2) is 7.74. The first-order valence-electron chi connectivity index (χ1n) is 8.56. The Morgan fingerprint density at radius 2 is 2.07 bits per heavy atom. The fraction of sp³-hybridized carbons (Fsp3) is 0.316. The number of carbonyl (C=O) groups excluding carboxylic acids is 1. The van der Waals surface area contributed by atoms with Crippen molar-refractivity contribution in [2.45, 2.75) is 24.8 Å². The summed E-state index contributed by atoms with van der Waals surface area (Å²) in [4.78, 5) is 13.8. The van der Waals surface area contributed by atoms with Gasteiger partial charge >= 0.3 is 0 Å². The van der Waals surface area contributed by atoms with Crippen molar-refractivity contribution >= 4 is 28.5 Å². The molecule has 8 heteroatoms. The molecule has 0 spiro atoms. The molecular weight excluding hydrogens is 370 g/mol. The van der Waals surface area contributed by atoms with Crippen LogP contribution in [-0.2, 0) is 17.9 Å². The fourth-order valence-corrected chi connectivity index (χ4v) is 4.59. The Bertz CT molecular complexity index is 949. The van der Waals surface area contributed by atoms with Crippen LogP contribution in [0.4, 0.5) is 14.5 Å². The van der Waals surface area contributed by atoms with Crippen molar-refractivity contribution in [2.75, 3.05) is 12.4 Å². The zero-order valence-electron chi connectivity index (χ0n) is 15.6. The number of rotatable bonds is 3. The van der Waals surface area contributed by atoms with Gasteiger partial charge in [0.25, 0.3) is 5.91 Å². The highest BCUT2D eigenvalue weighted by atomic mass is 32.2. The minimum absolute atomic E-state index is 0.136. The highest BCUT2D eigenvalue weighted by Crippen LogP contribution is 2.27. The molecule has 0 bridgehead atoms. The van der Waals surface area contributed by atoms with E-state index in [0.717, 1.165) is 22.6 Å². The molecule has 1 amide bonds. The lowest BCUT2D eigenvalue weighted by Crippen LogP contribution is -2.32. The van der Waals surface area contributed by atoms with Crippen LogP contribution in [0.2, 0.25) is 0 Å². The molecule has 1 aromatic heterocycles. The van der Waals surface area contributed by atoms with E-state index in [1.54, 1.807) is 18.7 Å². The number of anilines is 1. The maximum absolute atomic E-state index is 13.4. The average molecular weight is 392 g/mol. The van der Waals surface area contributed by atoms with Crippen LogP contribution in [0.1, 0.15) is 29.9 Å². The van der Waals surface area contributed by atoms with E-state index in [1.807, 2.05) is 18.3 Å². The number of hydrogen-bond donors (Lipinski definition) is 2. The third-order valence-electron chi connectivity index (χ3n) is 4.40. The van der Waals surface area contributed by atoms with E-state index in [0.29, 0.717) is 11.6 Å². The first-order valence-corrected chi connectivity index (χ1v) is 9.74. The smallest absolute Gasteiger partial charge is 0.272 e. The average Bonchev–Trinajstić information content (AvgIpc) is 2.83. The number of benzene rings is 1. The lowest BCUT2D eigenvalue weighted by Gasteiger charge is -2.18. The molecular formula is C19H22F2N4OS. The minimum Gasteiger partial charge on any atom is -0.345 e. The predicted octanol–water partition coefficient (Wildman–Crippen LogP) is 3.90. The number of halogens is 2. The van der Waals surface area contributed by atoms with Gasteiger partial charge in [-0.15, -0.1) is 0 Å². The molecule has 1 aliphatic heterocycles. The monoisotopic (exact) mass is 392 g/mol. The summed E-state index contributed by atoms with van der Waals surface area (Å²) in [6.07, 6.45) is 5.85. The van der Waals surface area contributed by atoms with Crippen LogP contribution in [0.3, 0.4) is 0 Å². The normalized spacial score (nSPS) is 19.2. The SMILES string of the molecule is CN=S1NC(C(C)C)C=Cc2c1cn(C)c2C(=O)Nc1ccc(F)c(F)c1. The van der Waals surface area contributed by atoms with E-state index in [9.17, 15) is 13.6 Å². The van der Waals surface area contributed by atoms with Crippen molar-refractivity contribution in [1.82, 2.24) is 9.29 Å². The maximum Gasteiger partial charge on any atom is 0.272 e. The van der Waals surface area contributed by atoms with Crippen LogP contribution in [0, 0.1) is 17.6 Å². The zero-order valence-corrected chi connectivity index (χ0v) is 16.4. The Balaban J connectivity index is 2.00. The summed E-state index contributed by atoms with van der Waals surface area (Å²) in [5, 5.41) is 2.64. The molecule has 0 aliphatic carbocycles. The molecule has 1 aromatic carbocycles. The van der Waals surface area contributed by atoms with Crippen LogP contribution in [-0.4, -0.2) is 23.6 Å². The van der Waals surface area contributed by atoms with Gasteiger partial charge in [-0.1, -0.05) is 26.0 Å². The molecule has 2 aromatic rings. The number of fused-ring (bicyclic) bond motifs is 1. The second-order valence-corrected chi connectivity index (χ2v) is 8.27. The van der Waals surface area contributed by atoms with E-state index in [-0.39, 0.29) is 11.7 Å². The van der Waals surface area contributed by atoms with Gasteiger partial charge in [0.05, 0.1) is 4.90 Å². The summed E-state index contributed by atoms with van der Waals surface area (Å²) in [5.41, 5.74) is 1.42. The van der Waals surface area contributed by atoms with E-state index >= 15 is 0 Å². The molecule has 1 aliphatic rings. The van der Waals surface area contributed by atoms with Crippen LogP contribution < -0.4 is 10.0 Å². The number of nitrogens with zero attached hydrogens (tertiary/aromatic N) is 2. The summed E-state index contributed by atoms with van der Waals surface area (Å²) < 4.78 is 36.2. The molecule has 5 nitrogen and oxygen atoms in total. The van der Waals surface area contributed by atoms with Gasteiger partial charge < -0.3 is 9.88 Å². The number of hydrogen-bond acceptors (Lipinski definition) is 2. The number of nitrogens with one attached hydrogen (secondary N) is 2. The summed E-state index contributed by atoms with van der Waals surface area (Å²) in [6.45, 7) is 4.23. The van der Waals surface area contributed by atoms with Crippen molar-refractivity contribution in [2.24, 2.45) is 17.3 Å². The molecule has 0 fully saturated rings. The van der Waals surface area contributed by atoms with Crippen LogP contribution >= 0.6 is 0 Å². The molecule has 0 radical (unpaired) electrons. The summed E-state index contributed by atoms with van der Waals surface area (Å²) in [6, 6.07) is 3.42. The molecule has 0 saturated carbocycles. The summed E-state index contributed by atoms with van der Waals surface area (Å²) in [7, 11) is 2.97. The molecule has 2 unspecified atom stereocenters. The van der Waals surface area contributed by atoms with Gasteiger partial charge in [0.1, 0.15) is 5.69 Å². The molecule has 3 rings (SSSR count). The standard InChI is InChI=1S/C19H22F2N4OS/c1-11(2)16-8-6-13-17(27(22-3)24-16)10-25(4)18(13)19(26)23-12-5-7-14(20)15(21)9-12/h5-11,16H,1-4H3,(H,22,24)(H,23,26). The number of aryl methyl sites for hydroxylation is 1. The Morgan fingerprint density at radius 1 is 1.33 bits per heavy atom. The van der Waals surface area contributed by atoms with Gasteiger partial charge in [-0.05, 0) is 18.1 Å². The Morgan fingerprint density at radius 3 is 2.70 bits per heavy atom. The second-order valence-electron chi connectivity index (χ2n) is 6.66. The van der Waals surface area contributed by atoms with Gasteiger partial charge in [-0.3, -0.25) is 4.79 Å². The van der Waals surface area contributed by atoms with E-state index < -0.39 is 28.4 Å². The quantitative estimate of drug-likeness (QED) is 0.832. The maximum atomic E-state index is 13.4. The van der Waals surface area contributed by atoms with Crippen molar-refractivity contribution in [3.05, 3.63) is 53.4 Å². The number of carbonyl (C=O) groups is 1. The first-order chi connectivity index (χ1) is 12.8. The van der Waals surface area contributed by atoms with E-state index in [4.69, 9.17) is 0 Å².